The van der Waals surface area contributed by atoms with Gasteiger partial charge in [-0.1, -0.05) is 25.1 Å². The van der Waals surface area contributed by atoms with E-state index in [4.69, 9.17) is 4.42 Å². The molecule has 0 amide bonds. The number of fused-ring (bicyclic) bond motifs is 1. The maximum Gasteiger partial charge on any atom is 0.134 e. The van der Waals surface area contributed by atoms with Crippen LogP contribution in [-0.4, -0.2) is 16.3 Å². The van der Waals surface area contributed by atoms with Crippen LogP contribution in [0.1, 0.15) is 31.1 Å². The van der Waals surface area contributed by atoms with Gasteiger partial charge in [0, 0.05) is 17.5 Å². The Labute approximate surface area is 132 Å². The summed E-state index contributed by atoms with van der Waals surface area (Å²) in [7, 11) is 0. The zero-order chi connectivity index (χ0) is 14.8. The van der Waals surface area contributed by atoms with Crippen molar-refractivity contribution in [1.82, 2.24) is 15.1 Å². The van der Waals surface area contributed by atoms with Crippen LogP contribution in [-0.2, 0) is 6.54 Å². The summed E-state index contributed by atoms with van der Waals surface area (Å²) in [5.41, 5.74) is 3.18. The Kier molecular flexibility index (Phi) is 4.12. The maximum absolute atomic E-state index is 5.70. The molecule has 0 fully saturated rings. The summed E-state index contributed by atoms with van der Waals surface area (Å²) in [6.45, 7) is 5.90. The fourth-order valence-corrected chi connectivity index (χ4v) is 3.22. The molecule has 2 heterocycles. The van der Waals surface area contributed by atoms with Crippen LogP contribution in [0.25, 0.3) is 11.0 Å². The van der Waals surface area contributed by atoms with Crippen LogP contribution in [0.5, 0.6) is 0 Å². The molecule has 3 aromatic rings. The SMILES string of the molecule is CCNC(c1coc2ccccc12)c1c(Br)cnn1CC. The number of rotatable bonds is 5. The van der Waals surface area contributed by atoms with Crippen molar-refractivity contribution in [2.75, 3.05) is 6.54 Å². The molecule has 1 N–H and O–H groups in total. The molecule has 110 valence electrons. The van der Waals surface area contributed by atoms with E-state index >= 15 is 0 Å². The van der Waals surface area contributed by atoms with Crippen LogP contribution in [0.4, 0.5) is 0 Å². The van der Waals surface area contributed by atoms with Gasteiger partial charge in [0.2, 0.25) is 0 Å². The van der Waals surface area contributed by atoms with E-state index < -0.39 is 0 Å². The Morgan fingerprint density at radius 1 is 1.33 bits per heavy atom. The number of aryl methyl sites for hydroxylation is 1. The molecule has 21 heavy (non-hydrogen) atoms. The minimum absolute atomic E-state index is 0.0514. The monoisotopic (exact) mass is 347 g/mol. The van der Waals surface area contributed by atoms with E-state index in [1.807, 2.05) is 35.3 Å². The molecule has 0 saturated carbocycles. The van der Waals surface area contributed by atoms with Gasteiger partial charge >= 0.3 is 0 Å². The third kappa shape index (κ3) is 2.51. The third-order valence-corrected chi connectivity index (χ3v) is 4.25. The molecule has 0 radical (unpaired) electrons. The summed E-state index contributed by atoms with van der Waals surface area (Å²) >= 11 is 3.62. The van der Waals surface area contributed by atoms with Gasteiger partial charge in [-0.3, -0.25) is 4.68 Å². The predicted molar refractivity (Wildman–Crippen MR) is 87.3 cm³/mol. The second kappa shape index (κ2) is 6.03. The second-order valence-electron chi connectivity index (χ2n) is 4.87. The lowest BCUT2D eigenvalue weighted by Crippen LogP contribution is -2.25. The lowest BCUT2D eigenvalue weighted by molar-refractivity contribution is 0.532. The molecule has 3 rings (SSSR count). The molecular weight excluding hydrogens is 330 g/mol. The number of para-hydroxylation sites is 1. The van der Waals surface area contributed by atoms with E-state index in [0.29, 0.717) is 0 Å². The topological polar surface area (TPSA) is 43.0 Å². The summed E-state index contributed by atoms with van der Waals surface area (Å²) < 4.78 is 8.73. The minimum atomic E-state index is 0.0514. The number of halogens is 1. The first-order valence-electron chi connectivity index (χ1n) is 7.17. The zero-order valence-electron chi connectivity index (χ0n) is 12.1. The molecule has 1 atom stereocenters. The molecule has 0 aliphatic carbocycles. The van der Waals surface area contributed by atoms with Crippen molar-refractivity contribution in [2.45, 2.75) is 26.4 Å². The highest BCUT2D eigenvalue weighted by atomic mass is 79.9. The van der Waals surface area contributed by atoms with Gasteiger partial charge in [-0.25, -0.2) is 0 Å². The molecular formula is C16H18BrN3O. The highest BCUT2D eigenvalue weighted by molar-refractivity contribution is 9.10. The first-order valence-corrected chi connectivity index (χ1v) is 7.96. The average Bonchev–Trinajstić information content (AvgIpc) is 3.09. The fraction of sp³-hybridized carbons (Fsp3) is 0.312. The lowest BCUT2D eigenvalue weighted by atomic mass is 10.0. The molecule has 2 aromatic heterocycles. The minimum Gasteiger partial charge on any atom is -0.464 e. The normalized spacial score (nSPS) is 12.9. The van der Waals surface area contributed by atoms with Gasteiger partial charge in [-0.05, 0) is 35.5 Å². The van der Waals surface area contributed by atoms with Crippen molar-refractivity contribution >= 4 is 26.9 Å². The number of benzene rings is 1. The van der Waals surface area contributed by atoms with Gasteiger partial charge in [0.25, 0.3) is 0 Å². The van der Waals surface area contributed by atoms with E-state index in [2.05, 4.69) is 46.3 Å². The number of nitrogens with one attached hydrogen (secondary N) is 1. The second-order valence-corrected chi connectivity index (χ2v) is 5.73. The number of furan rings is 1. The number of hydrogen-bond donors (Lipinski definition) is 1. The summed E-state index contributed by atoms with van der Waals surface area (Å²) in [5, 5.41) is 9.11. The van der Waals surface area contributed by atoms with Gasteiger partial charge in [0.15, 0.2) is 0 Å². The maximum atomic E-state index is 5.70. The number of aromatic nitrogens is 2. The predicted octanol–water partition coefficient (Wildman–Crippen LogP) is 4.11. The van der Waals surface area contributed by atoms with E-state index in [1.165, 1.54) is 0 Å². The third-order valence-electron chi connectivity index (χ3n) is 3.64. The quantitative estimate of drug-likeness (QED) is 0.755. The van der Waals surface area contributed by atoms with Crippen LogP contribution < -0.4 is 5.32 Å². The van der Waals surface area contributed by atoms with Gasteiger partial charge < -0.3 is 9.73 Å². The standard InChI is InChI=1S/C16H18BrN3O/c1-3-18-15(16-13(17)9-19-20(16)4-2)12-10-21-14-8-6-5-7-11(12)14/h5-10,15,18H,3-4H2,1-2H3. The number of nitrogens with zero attached hydrogens (tertiary/aromatic N) is 2. The highest BCUT2D eigenvalue weighted by Crippen LogP contribution is 2.33. The van der Waals surface area contributed by atoms with Crippen molar-refractivity contribution in [1.29, 1.82) is 0 Å². The summed E-state index contributed by atoms with van der Waals surface area (Å²) in [6, 6.07) is 8.17. The Bertz CT molecular complexity index is 747. The van der Waals surface area contributed by atoms with Gasteiger partial charge in [0.05, 0.1) is 28.7 Å². The first-order chi connectivity index (χ1) is 10.3. The van der Waals surface area contributed by atoms with E-state index in [0.717, 1.165) is 39.8 Å². The summed E-state index contributed by atoms with van der Waals surface area (Å²) in [6.07, 6.45) is 3.70. The number of hydrogen-bond acceptors (Lipinski definition) is 3. The van der Waals surface area contributed by atoms with E-state index in [9.17, 15) is 0 Å². The van der Waals surface area contributed by atoms with Gasteiger partial charge in [-0.15, -0.1) is 0 Å². The van der Waals surface area contributed by atoms with Crippen molar-refractivity contribution < 1.29 is 4.42 Å². The van der Waals surface area contributed by atoms with Gasteiger partial charge in [0.1, 0.15) is 5.58 Å². The van der Waals surface area contributed by atoms with Crippen LogP contribution >= 0.6 is 15.9 Å². The van der Waals surface area contributed by atoms with Crippen LogP contribution in [0.2, 0.25) is 0 Å². The smallest absolute Gasteiger partial charge is 0.134 e. The van der Waals surface area contributed by atoms with Crippen molar-refractivity contribution in [3.8, 4) is 0 Å². The molecule has 0 saturated heterocycles. The van der Waals surface area contributed by atoms with Crippen LogP contribution in [0.15, 0.2) is 45.6 Å². The molecule has 4 nitrogen and oxygen atoms in total. The largest absolute Gasteiger partial charge is 0.464 e. The lowest BCUT2D eigenvalue weighted by Gasteiger charge is -2.19. The van der Waals surface area contributed by atoms with Crippen molar-refractivity contribution in [3.63, 3.8) is 0 Å². The summed E-state index contributed by atoms with van der Waals surface area (Å²) in [5.74, 6) is 0. The Morgan fingerprint density at radius 3 is 2.90 bits per heavy atom. The molecule has 1 aromatic carbocycles. The Balaban J connectivity index is 2.16. The fourth-order valence-electron chi connectivity index (χ4n) is 2.69. The Hall–Kier alpha value is -1.59. The zero-order valence-corrected chi connectivity index (χ0v) is 13.7. The van der Waals surface area contributed by atoms with Gasteiger partial charge in [-0.2, -0.15) is 5.10 Å². The molecule has 5 heteroatoms. The molecule has 0 spiro atoms. The molecule has 0 bridgehead atoms. The van der Waals surface area contributed by atoms with E-state index in [-0.39, 0.29) is 6.04 Å². The van der Waals surface area contributed by atoms with Crippen LogP contribution in [0, 0.1) is 0 Å². The molecule has 0 aliphatic rings. The van der Waals surface area contributed by atoms with Crippen LogP contribution in [0.3, 0.4) is 0 Å². The highest BCUT2D eigenvalue weighted by Gasteiger charge is 2.24. The van der Waals surface area contributed by atoms with Crippen molar-refractivity contribution in [3.05, 3.63) is 52.5 Å². The molecule has 0 aliphatic heterocycles. The summed E-state index contributed by atoms with van der Waals surface area (Å²) in [4.78, 5) is 0. The van der Waals surface area contributed by atoms with E-state index in [1.54, 1.807) is 0 Å². The first kappa shape index (κ1) is 14.4. The Morgan fingerprint density at radius 2 is 2.14 bits per heavy atom. The van der Waals surface area contributed by atoms with Crippen molar-refractivity contribution in [2.24, 2.45) is 0 Å². The molecule has 1 unspecified atom stereocenters. The average molecular weight is 348 g/mol.